The Morgan fingerprint density at radius 3 is 2.70 bits per heavy atom. The third-order valence-corrected chi connectivity index (χ3v) is 4.13. The van der Waals surface area contributed by atoms with Crippen LogP contribution in [0.2, 0.25) is 0 Å². The van der Waals surface area contributed by atoms with Gasteiger partial charge < -0.3 is 25.6 Å². The number of aliphatic hydroxyl groups excluding tert-OH is 1. The smallest absolute Gasteiger partial charge is 0.232 e. The van der Waals surface area contributed by atoms with Crippen molar-refractivity contribution < 1.29 is 30.8 Å². The third-order valence-electron chi connectivity index (χ3n) is 4.13. The zero-order chi connectivity index (χ0) is 19.4. The second-order valence-electron chi connectivity index (χ2n) is 6.01. The molecule has 146 valence electrons. The average Bonchev–Trinajstić information content (AvgIpc) is 2.60. The van der Waals surface area contributed by atoms with E-state index >= 15 is 0 Å². The number of nitrogens with one attached hydrogen (secondary N) is 2. The first-order valence-corrected chi connectivity index (χ1v) is 8.00. The number of benzene rings is 1. The van der Waals surface area contributed by atoms with E-state index in [1.54, 1.807) is 17.0 Å². The van der Waals surface area contributed by atoms with Gasteiger partial charge in [0.1, 0.15) is 0 Å². The number of hydroxylamine groups is 2. The first kappa shape index (κ1) is 19.0. The second-order valence-corrected chi connectivity index (χ2v) is 6.01. The second kappa shape index (κ2) is 8.30. The molecule has 1 aliphatic heterocycles. The summed E-state index contributed by atoms with van der Waals surface area (Å²) < 4.78 is 0. The van der Waals surface area contributed by atoms with E-state index in [0.29, 0.717) is 24.3 Å². The highest BCUT2D eigenvalue weighted by atomic mass is 17.1. The Labute approximate surface area is 153 Å². The zero-order valence-corrected chi connectivity index (χ0v) is 14.1. The molecule has 1 aliphatic rings. The van der Waals surface area contributed by atoms with Gasteiger partial charge in [0.05, 0.1) is 19.3 Å². The highest BCUT2D eigenvalue weighted by Crippen LogP contribution is 2.27. The summed E-state index contributed by atoms with van der Waals surface area (Å²) in [5.74, 6) is -0.166. The predicted molar refractivity (Wildman–Crippen MR) is 91.9 cm³/mol. The van der Waals surface area contributed by atoms with Gasteiger partial charge in [-0.15, -0.1) is 0 Å². The molecule has 2 aromatic rings. The lowest BCUT2D eigenvalue weighted by atomic mass is 10.1. The van der Waals surface area contributed by atoms with Gasteiger partial charge in [0, 0.05) is 30.4 Å². The summed E-state index contributed by atoms with van der Waals surface area (Å²) in [6.45, 7) is 1.05. The van der Waals surface area contributed by atoms with Gasteiger partial charge in [-0.05, 0) is 18.2 Å². The predicted octanol–water partition coefficient (Wildman–Crippen LogP) is 0.404. The molecular formula is C15H20N6O6. The molecule has 12 nitrogen and oxygen atoms in total. The Hall–Kier alpha value is -2.74. The van der Waals surface area contributed by atoms with Crippen molar-refractivity contribution in [1.29, 1.82) is 0 Å². The van der Waals surface area contributed by atoms with Crippen LogP contribution in [0, 0.1) is 0 Å². The molecule has 0 unspecified atom stereocenters. The minimum atomic E-state index is -0.348. The fourth-order valence-corrected chi connectivity index (χ4v) is 2.70. The minimum Gasteiger partial charge on any atom is -0.493 e. The zero-order valence-electron chi connectivity index (χ0n) is 14.1. The molecule has 0 atom stereocenters. The van der Waals surface area contributed by atoms with Gasteiger partial charge in [0.25, 0.3) is 0 Å². The van der Waals surface area contributed by atoms with Crippen LogP contribution in [0.15, 0.2) is 24.3 Å². The molecule has 1 fully saturated rings. The monoisotopic (exact) mass is 380 g/mol. The number of nitrogens with zero attached hydrogens (tertiary/aromatic N) is 4. The minimum absolute atomic E-state index is 0.000453. The molecule has 12 heteroatoms. The molecular weight excluding hydrogens is 360 g/mol. The summed E-state index contributed by atoms with van der Waals surface area (Å²) in [5, 5.41) is 50.7. The number of hydrogen-bond donors (Lipinski definition) is 7. The topological polar surface area (TPSA) is 167 Å². The first-order valence-electron chi connectivity index (χ1n) is 8.00. The SMILES string of the molecule is OCN1CC(N(O)Cc2cc(Nc3nc(O)cc(NO)n3)ccc2OO)C1. The lowest BCUT2D eigenvalue weighted by Gasteiger charge is -2.41. The molecule has 0 amide bonds. The molecule has 0 radical (unpaired) electrons. The van der Waals surface area contributed by atoms with Gasteiger partial charge >= 0.3 is 0 Å². The van der Waals surface area contributed by atoms with Gasteiger partial charge in [0.2, 0.25) is 11.8 Å². The molecule has 1 aromatic heterocycles. The molecule has 0 saturated carbocycles. The van der Waals surface area contributed by atoms with Crippen molar-refractivity contribution in [2.75, 3.05) is 30.6 Å². The number of aliphatic hydroxyl groups is 1. The Balaban J connectivity index is 1.74. The van der Waals surface area contributed by atoms with Crippen LogP contribution in [0.1, 0.15) is 5.56 Å². The number of hydrogen-bond acceptors (Lipinski definition) is 12. The van der Waals surface area contributed by atoms with Crippen LogP contribution < -0.4 is 15.7 Å². The van der Waals surface area contributed by atoms with Crippen LogP contribution in [-0.2, 0) is 6.54 Å². The van der Waals surface area contributed by atoms with Crippen molar-refractivity contribution in [3.8, 4) is 11.6 Å². The van der Waals surface area contributed by atoms with Crippen LogP contribution in [0.4, 0.5) is 17.5 Å². The van der Waals surface area contributed by atoms with E-state index in [9.17, 15) is 10.3 Å². The van der Waals surface area contributed by atoms with Crippen molar-refractivity contribution in [2.24, 2.45) is 0 Å². The van der Waals surface area contributed by atoms with Gasteiger partial charge in [-0.2, -0.15) is 15.0 Å². The fraction of sp³-hybridized carbons (Fsp3) is 0.333. The largest absolute Gasteiger partial charge is 0.493 e. The Morgan fingerprint density at radius 1 is 1.26 bits per heavy atom. The molecule has 0 bridgehead atoms. The number of aromatic hydroxyl groups is 1. The van der Waals surface area contributed by atoms with Crippen molar-refractivity contribution in [3.05, 3.63) is 29.8 Å². The van der Waals surface area contributed by atoms with Crippen molar-refractivity contribution >= 4 is 17.5 Å². The van der Waals surface area contributed by atoms with Crippen LogP contribution in [-0.4, -0.2) is 71.7 Å². The van der Waals surface area contributed by atoms with Crippen LogP contribution >= 0.6 is 0 Å². The van der Waals surface area contributed by atoms with Crippen molar-refractivity contribution in [3.63, 3.8) is 0 Å². The van der Waals surface area contributed by atoms with Gasteiger partial charge in [-0.1, -0.05) is 0 Å². The van der Waals surface area contributed by atoms with E-state index in [2.05, 4.69) is 20.2 Å². The average molecular weight is 380 g/mol. The van der Waals surface area contributed by atoms with Crippen LogP contribution in [0.3, 0.4) is 0 Å². The quantitative estimate of drug-likeness (QED) is 0.249. The van der Waals surface area contributed by atoms with E-state index < -0.39 is 0 Å². The maximum Gasteiger partial charge on any atom is 0.232 e. The molecule has 2 heterocycles. The van der Waals surface area contributed by atoms with Crippen LogP contribution in [0.5, 0.6) is 11.6 Å². The summed E-state index contributed by atoms with van der Waals surface area (Å²) in [6.07, 6.45) is 0. The van der Waals surface area contributed by atoms with Gasteiger partial charge in [-0.3, -0.25) is 15.6 Å². The van der Waals surface area contributed by atoms with E-state index in [4.69, 9.17) is 15.6 Å². The molecule has 1 aromatic carbocycles. The van der Waals surface area contributed by atoms with E-state index in [0.717, 1.165) is 11.1 Å². The lowest BCUT2D eigenvalue weighted by molar-refractivity contribution is -0.182. The lowest BCUT2D eigenvalue weighted by Crippen LogP contribution is -2.58. The molecule has 3 rings (SSSR count). The summed E-state index contributed by atoms with van der Waals surface area (Å²) in [7, 11) is 0. The van der Waals surface area contributed by atoms with E-state index in [1.807, 2.05) is 5.48 Å². The number of likely N-dealkylation sites (tertiary alicyclic amines) is 1. The summed E-state index contributed by atoms with van der Waals surface area (Å²) in [6, 6.07) is 5.66. The van der Waals surface area contributed by atoms with Gasteiger partial charge in [0.15, 0.2) is 11.6 Å². The van der Waals surface area contributed by atoms with E-state index in [1.165, 1.54) is 6.07 Å². The summed E-state index contributed by atoms with van der Waals surface area (Å²) in [5.41, 5.74) is 2.80. The number of aromatic nitrogens is 2. The molecule has 1 saturated heterocycles. The highest BCUT2D eigenvalue weighted by molar-refractivity contribution is 5.58. The normalized spacial score (nSPS) is 14.9. The Morgan fingerprint density at radius 2 is 2.04 bits per heavy atom. The highest BCUT2D eigenvalue weighted by Gasteiger charge is 2.31. The number of rotatable bonds is 8. The maximum absolute atomic E-state index is 10.2. The molecule has 7 N–H and O–H groups in total. The summed E-state index contributed by atoms with van der Waals surface area (Å²) in [4.78, 5) is 13.8. The van der Waals surface area contributed by atoms with Gasteiger partial charge in [-0.25, -0.2) is 5.26 Å². The van der Waals surface area contributed by atoms with Crippen molar-refractivity contribution in [2.45, 2.75) is 12.6 Å². The van der Waals surface area contributed by atoms with Crippen molar-refractivity contribution in [1.82, 2.24) is 19.9 Å². The Kier molecular flexibility index (Phi) is 5.85. The molecule has 27 heavy (non-hydrogen) atoms. The van der Waals surface area contributed by atoms with Crippen LogP contribution in [0.25, 0.3) is 0 Å². The third kappa shape index (κ3) is 4.51. The maximum atomic E-state index is 10.2. The van der Waals surface area contributed by atoms with E-state index in [-0.39, 0.29) is 42.7 Å². The summed E-state index contributed by atoms with van der Waals surface area (Å²) >= 11 is 0. The standard InChI is InChI=1S/C15H20N6O6/c22-8-20-6-11(7-20)21(25)5-9-3-10(1-2-12(9)27-26)16-15-17-13(19-24)4-14(23)18-15/h1-4,11,22,24-26H,5-8H2,(H3,16,17,18,19,23). The molecule has 0 spiro atoms. The fourth-order valence-electron chi connectivity index (χ4n) is 2.70. The first-order chi connectivity index (χ1) is 13.0. The Bertz CT molecular complexity index is 787. The molecule has 0 aliphatic carbocycles. The number of anilines is 3.